The summed E-state index contributed by atoms with van der Waals surface area (Å²) < 4.78 is 0. The van der Waals surface area contributed by atoms with Crippen LogP contribution < -0.4 is 4.90 Å². The van der Waals surface area contributed by atoms with E-state index in [0.29, 0.717) is 0 Å². The molecule has 0 aromatic heterocycles. The Morgan fingerprint density at radius 2 is 1.94 bits per heavy atom. The maximum atomic E-state index is 9.90. The van der Waals surface area contributed by atoms with Crippen molar-refractivity contribution in [3.63, 3.8) is 0 Å². The van der Waals surface area contributed by atoms with Gasteiger partial charge < -0.3 is 10.0 Å². The van der Waals surface area contributed by atoms with Gasteiger partial charge in [0.15, 0.2) is 0 Å². The monoisotopic (exact) mass is 251 g/mol. The van der Waals surface area contributed by atoms with Gasteiger partial charge >= 0.3 is 0 Å². The third-order valence-corrected chi connectivity index (χ3v) is 4.12. The Bertz CT molecular complexity index is 422. The summed E-state index contributed by atoms with van der Waals surface area (Å²) in [5.41, 5.74) is 1.87. The summed E-state index contributed by atoms with van der Waals surface area (Å²) in [5.74, 6) is 0. The van der Waals surface area contributed by atoms with E-state index in [0.717, 1.165) is 48.6 Å². The zero-order valence-corrected chi connectivity index (χ0v) is 10.7. The van der Waals surface area contributed by atoms with Crippen molar-refractivity contribution in [3.05, 3.63) is 28.8 Å². The van der Waals surface area contributed by atoms with Crippen molar-refractivity contribution in [1.82, 2.24) is 0 Å². The molecule has 1 saturated carbocycles. The molecule has 2 aliphatic rings. The van der Waals surface area contributed by atoms with Gasteiger partial charge in [-0.2, -0.15) is 0 Å². The van der Waals surface area contributed by atoms with E-state index in [1.807, 2.05) is 6.07 Å². The van der Waals surface area contributed by atoms with E-state index in [1.54, 1.807) is 0 Å². The normalized spacial score (nSPS) is 21.9. The second kappa shape index (κ2) is 4.18. The predicted octanol–water partition coefficient (Wildman–Crippen LogP) is 3.01. The Morgan fingerprint density at radius 1 is 1.24 bits per heavy atom. The van der Waals surface area contributed by atoms with Gasteiger partial charge in [-0.25, -0.2) is 0 Å². The molecule has 3 rings (SSSR count). The highest BCUT2D eigenvalue weighted by Crippen LogP contribution is 2.39. The molecular weight excluding hydrogens is 234 g/mol. The van der Waals surface area contributed by atoms with Crippen LogP contribution in [0.2, 0.25) is 5.02 Å². The highest BCUT2D eigenvalue weighted by Gasteiger charge is 2.40. The first kappa shape index (κ1) is 11.4. The van der Waals surface area contributed by atoms with Crippen LogP contribution >= 0.6 is 11.6 Å². The van der Waals surface area contributed by atoms with Crippen molar-refractivity contribution >= 4 is 17.3 Å². The van der Waals surface area contributed by atoms with Gasteiger partial charge in [-0.1, -0.05) is 17.7 Å². The molecule has 1 aliphatic heterocycles. The molecule has 0 spiro atoms. The first-order valence-corrected chi connectivity index (χ1v) is 6.80. The van der Waals surface area contributed by atoms with Gasteiger partial charge in [-0.15, -0.1) is 0 Å². The lowest BCUT2D eigenvalue weighted by atomic mass is 10.1. The molecule has 3 heteroatoms. The Kier molecular flexibility index (Phi) is 2.80. The van der Waals surface area contributed by atoms with E-state index in [9.17, 15) is 5.11 Å². The fraction of sp³-hybridized carbons (Fsp3) is 0.571. The highest BCUT2D eigenvalue weighted by atomic mass is 35.5. The fourth-order valence-corrected chi connectivity index (χ4v) is 2.90. The van der Waals surface area contributed by atoms with Crippen LogP contribution in [0.25, 0.3) is 0 Å². The van der Waals surface area contributed by atoms with Crippen molar-refractivity contribution in [2.45, 2.75) is 37.7 Å². The molecule has 2 nitrogen and oxygen atoms in total. The molecule has 1 heterocycles. The summed E-state index contributed by atoms with van der Waals surface area (Å²) in [7, 11) is 0. The van der Waals surface area contributed by atoms with Crippen LogP contribution in [-0.2, 0) is 6.42 Å². The van der Waals surface area contributed by atoms with Crippen LogP contribution in [-0.4, -0.2) is 23.8 Å². The number of hydrogen-bond acceptors (Lipinski definition) is 2. The molecule has 0 radical (unpaired) electrons. The van der Waals surface area contributed by atoms with Crippen molar-refractivity contribution in [3.8, 4) is 0 Å². The molecule has 2 fully saturated rings. The van der Waals surface area contributed by atoms with Crippen LogP contribution in [0.4, 0.5) is 5.69 Å². The molecule has 0 bridgehead atoms. The zero-order valence-electron chi connectivity index (χ0n) is 9.95. The lowest BCUT2D eigenvalue weighted by Gasteiger charge is -2.20. The summed E-state index contributed by atoms with van der Waals surface area (Å²) in [4.78, 5) is 2.35. The van der Waals surface area contributed by atoms with E-state index in [1.165, 1.54) is 12.8 Å². The topological polar surface area (TPSA) is 23.5 Å². The maximum absolute atomic E-state index is 9.90. The second-order valence-electron chi connectivity index (χ2n) is 5.38. The molecule has 1 saturated heterocycles. The molecule has 0 unspecified atom stereocenters. The number of rotatable bonds is 3. The van der Waals surface area contributed by atoms with Crippen LogP contribution in [0.15, 0.2) is 18.2 Å². The minimum absolute atomic E-state index is 0.432. The van der Waals surface area contributed by atoms with E-state index in [2.05, 4.69) is 17.0 Å². The van der Waals surface area contributed by atoms with Crippen molar-refractivity contribution in [1.29, 1.82) is 0 Å². The number of hydrogen-bond donors (Lipinski definition) is 1. The van der Waals surface area contributed by atoms with Gasteiger partial charge in [0.05, 0.1) is 16.3 Å². The number of nitrogens with zero attached hydrogens (tertiary/aromatic N) is 1. The standard InChI is InChI=1S/C14H18ClNO/c15-12-9-11(10-14(17)5-6-14)3-4-13(12)16-7-1-2-8-16/h3-4,9,17H,1-2,5-8,10H2. The largest absolute Gasteiger partial charge is 0.390 e. The number of anilines is 1. The van der Waals surface area contributed by atoms with Gasteiger partial charge in [-0.3, -0.25) is 0 Å². The minimum atomic E-state index is -0.432. The van der Waals surface area contributed by atoms with Gasteiger partial charge in [-0.05, 0) is 43.4 Å². The Balaban J connectivity index is 1.78. The molecule has 1 aliphatic carbocycles. The van der Waals surface area contributed by atoms with Crippen molar-refractivity contribution in [2.24, 2.45) is 0 Å². The third kappa shape index (κ3) is 2.43. The van der Waals surface area contributed by atoms with E-state index < -0.39 is 5.60 Å². The average Bonchev–Trinajstić information content (AvgIpc) is 2.81. The maximum Gasteiger partial charge on any atom is 0.0690 e. The fourth-order valence-electron chi connectivity index (χ4n) is 2.58. The summed E-state index contributed by atoms with van der Waals surface area (Å²) in [6.07, 6.45) is 5.12. The molecule has 1 aromatic rings. The zero-order chi connectivity index (χ0) is 11.9. The number of aliphatic hydroxyl groups is 1. The highest BCUT2D eigenvalue weighted by molar-refractivity contribution is 6.33. The molecule has 0 atom stereocenters. The summed E-state index contributed by atoms with van der Waals surface area (Å²) >= 11 is 6.34. The van der Waals surface area contributed by atoms with Gasteiger partial charge in [0.2, 0.25) is 0 Å². The van der Waals surface area contributed by atoms with E-state index in [-0.39, 0.29) is 0 Å². The third-order valence-electron chi connectivity index (χ3n) is 3.82. The van der Waals surface area contributed by atoms with Crippen LogP contribution in [0, 0.1) is 0 Å². The van der Waals surface area contributed by atoms with Gasteiger partial charge in [0.1, 0.15) is 0 Å². The smallest absolute Gasteiger partial charge is 0.0690 e. The molecule has 0 amide bonds. The van der Waals surface area contributed by atoms with Crippen LogP contribution in [0.1, 0.15) is 31.2 Å². The summed E-state index contributed by atoms with van der Waals surface area (Å²) in [5, 5.41) is 10.7. The quantitative estimate of drug-likeness (QED) is 0.893. The Labute approximate surface area is 107 Å². The van der Waals surface area contributed by atoms with E-state index >= 15 is 0 Å². The minimum Gasteiger partial charge on any atom is -0.390 e. The number of halogens is 1. The first-order chi connectivity index (χ1) is 8.16. The Hall–Kier alpha value is -0.730. The molecule has 1 aromatic carbocycles. The lowest BCUT2D eigenvalue weighted by molar-refractivity contribution is 0.151. The van der Waals surface area contributed by atoms with Crippen molar-refractivity contribution < 1.29 is 5.11 Å². The van der Waals surface area contributed by atoms with Gasteiger partial charge in [0.25, 0.3) is 0 Å². The van der Waals surface area contributed by atoms with Crippen molar-refractivity contribution in [2.75, 3.05) is 18.0 Å². The van der Waals surface area contributed by atoms with Crippen LogP contribution in [0.3, 0.4) is 0 Å². The summed E-state index contributed by atoms with van der Waals surface area (Å²) in [6, 6.07) is 6.23. The molecular formula is C14H18ClNO. The average molecular weight is 252 g/mol. The molecule has 92 valence electrons. The predicted molar refractivity (Wildman–Crippen MR) is 70.8 cm³/mol. The number of benzene rings is 1. The van der Waals surface area contributed by atoms with E-state index in [4.69, 9.17) is 11.6 Å². The summed E-state index contributed by atoms with van der Waals surface area (Å²) in [6.45, 7) is 2.23. The Morgan fingerprint density at radius 3 is 2.53 bits per heavy atom. The van der Waals surface area contributed by atoms with Crippen LogP contribution in [0.5, 0.6) is 0 Å². The molecule has 1 N–H and O–H groups in total. The second-order valence-corrected chi connectivity index (χ2v) is 5.79. The molecule has 17 heavy (non-hydrogen) atoms. The lowest BCUT2D eigenvalue weighted by Crippen LogP contribution is -2.18. The SMILES string of the molecule is OC1(Cc2ccc(N3CCCC3)c(Cl)c2)CC1. The van der Waals surface area contributed by atoms with Gasteiger partial charge in [0, 0.05) is 19.5 Å². The first-order valence-electron chi connectivity index (χ1n) is 6.42.